The van der Waals surface area contributed by atoms with Crippen molar-refractivity contribution in [1.29, 1.82) is 0 Å². The standard InChI is InChI=1S/C8H6ClF4N.C2H6/c9-5-3-4(1-2-6(5)10)7(14)8(11,12)13;1-2/h1-3,7H,14H2;1-2H3. The van der Waals surface area contributed by atoms with Crippen LogP contribution in [-0.2, 0) is 0 Å². The normalized spacial score (nSPS) is 12.8. The average Bonchev–Trinajstić information content (AvgIpc) is 2.23. The van der Waals surface area contributed by atoms with Crippen molar-refractivity contribution in [3.63, 3.8) is 0 Å². The smallest absolute Gasteiger partial charge is 0.316 e. The van der Waals surface area contributed by atoms with E-state index in [2.05, 4.69) is 0 Å². The number of hydrogen-bond donors (Lipinski definition) is 1. The molecule has 1 rings (SSSR count). The van der Waals surface area contributed by atoms with E-state index in [9.17, 15) is 17.6 Å². The van der Waals surface area contributed by atoms with Gasteiger partial charge in [-0.25, -0.2) is 4.39 Å². The molecule has 1 aromatic rings. The third kappa shape index (κ3) is 3.98. The van der Waals surface area contributed by atoms with E-state index >= 15 is 0 Å². The summed E-state index contributed by atoms with van der Waals surface area (Å²) in [4.78, 5) is 0. The maximum atomic E-state index is 12.6. The van der Waals surface area contributed by atoms with Crippen molar-refractivity contribution in [2.24, 2.45) is 5.73 Å². The molecule has 0 heterocycles. The number of alkyl halides is 3. The summed E-state index contributed by atoms with van der Waals surface area (Å²) >= 11 is 5.31. The summed E-state index contributed by atoms with van der Waals surface area (Å²) in [5.74, 6) is -0.773. The molecule has 0 aliphatic heterocycles. The quantitative estimate of drug-likeness (QED) is 0.754. The molecule has 0 aliphatic rings. The Bertz CT molecular complexity index is 338. The number of nitrogens with two attached hydrogens (primary N) is 1. The van der Waals surface area contributed by atoms with Gasteiger partial charge in [-0.15, -0.1) is 0 Å². The average molecular weight is 258 g/mol. The van der Waals surface area contributed by atoms with Crippen LogP contribution >= 0.6 is 11.6 Å². The molecule has 6 heteroatoms. The highest BCUT2D eigenvalue weighted by Gasteiger charge is 2.37. The Kier molecular flexibility index (Phi) is 5.75. The molecule has 1 unspecified atom stereocenters. The highest BCUT2D eigenvalue weighted by molar-refractivity contribution is 6.30. The van der Waals surface area contributed by atoms with Crippen molar-refractivity contribution in [1.82, 2.24) is 0 Å². The van der Waals surface area contributed by atoms with Gasteiger partial charge in [-0.05, 0) is 17.7 Å². The second-order valence-electron chi connectivity index (χ2n) is 2.69. The summed E-state index contributed by atoms with van der Waals surface area (Å²) in [6.07, 6.45) is -4.55. The molecule has 1 atom stereocenters. The van der Waals surface area contributed by atoms with Crippen LogP contribution in [0.25, 0.3) is 0 Å². The lowest BCUT2D eigenvalue weighted by atomic mass is 10.1. The summed E-state index contributed by atoms with van der Waals surface area (Å²) in [6, 6.07) is 0.540. The molecular weight excluding hydrogens is 246 g/mol. The third-order valence-corrected chi connectivity index (χ3v) is 1.95. The minimum absolute atomic E-state index is 0.260. The summed E-state index contributed by atoms with van der Waals surface area (Å²) in [5, 5.41) is -0.373. The van der Waals surface area contributed by atoms with E-state index in [0.29, 0.717) is 0 Å². The predicted molar refractivity (Wildman–Crippen MR) is 55.7 cm³/mol. The highest BCUT2D eigenvalue weighted by Crippen LogP contribution is 2.31. The minimum atomic E-state index is -4.55. The van der Waals surface area contributed by atoms with Gasteiger partial charge < -0.3 is 5.73 Å². The molecule has 16 heavy (non-hydrogen) atoms. The van der Waals surface area contributed by atoms with E-state index in [4.69, 9.17) is 17.3 Å². The third-order valence-electron chi connectivity index (χ3n) is 1.66. The largest absolute Gasteiger partial charge is 0.407 e. The lowest BCUT2D eigenvalue weighted by Crippen LogP contribution is -2.28. The van der Waals surface area contributed by atoms with Gasteiger partial charge in [0.15, 0.2) is 0 Å². The monoisotopic (exact) mass is 257 g/mol. The van der Waals surface area contributed by atoms with Gasteiger partial charge in [-0.2, -0.15) is 13.2 Å². The van der Waals surface area contributed by atoms with Crippen molar-refractivity contribution in [3.8, 4) is 0 Å². The summed E-state index contributed by atoms with van der Waals surface area (Å²) in [6.45, 7) is 4.00. The van der Waals surface area contributed by atoms with Crippen molar-refractivity contribution in [2.45, 2.75) is 26.1 Å². The molecule has 1 nitrogen and oxygen atoms in total. The molecule has 92 valence electrons. The first kappa shape index (κ1) is 15.2. The zero-order chi connectivity index (χ0) is 12.9. The fourth-order valence-electron chi connectivity index (χ4n) is 0.895. The Balaban J connectivity index is 0.00000106. The molecule has 2 N–H and O–H groups in total. The highest BCUT2D eigenvalue weighted by atomic mass is 35.5. The van der Waals surface area contributed by atoms with Crippen LogP contribution in [0.2, 0.25) is 5.02 Å². The van der Waals surface area contributed by atoms with Crippen LogP contribution in [0, 0.1) is 5.82 Å². The summed E-state index contributed by atoms with van der Waals surface area (Å²) < 4.78 is 48.9. The molecule has 0 saturated carbocycles. The van der Waals surface area contributed by atoms with Gasteiger partial charge in [0.05, 0.1) is 5.02 Å². The number of benzene rings is 1. The van der Waals surface area contributed by atoms with Gasteiger partial charge in [0, 0.05) is 0 Å². The Morgan fingerprint density at radius 1 is 1.25 bits per heavy atom. The Labute approximate surface area is 96.2 Å². The molecule has 0 spiro atoms. The first-order valence-electron chi connectivity index (χ1n) is 4.59. The fraction of sp³-hybridized carbons (Fsp3) is 0.400. The van der Waals surface area contributed by atoms with Crippen molar-refractivity contribution in [2.75, 3.05) is 0 Å². The zero-order valence-electron chi connectivity index (χ0n) is 8.78. The van der Waals surface area contributed by atoms with Gasteiger partial charge in [-0.3, -0.25) is 0 Å². The topological polar surface area (TPSA) is 26.0 Å². The van der Waals surface area contributed by atoms with Crippen LogP contribution < -0.4 is 5.73 Å². The first-order valence-corrected chi connectivity index (χ1v) is 4.97. The molecule has 0 aromatic heterocycles. The Hall–Kier alpha value is -0.810. The van der Waals surface area contributed by atoms with Gasteiger partial charge in [0.1, 0.15) is 11.9 Å². The molecule has 0 saturated heterocycles. The van der Waals surface area contributed by atoms with E-state index in [1.807, 2.05) is 13.8 Å². The molecule has 0 amide bonds. The van der Waals surface area contributed by atoms with E-state index in [0.717, 1.165) is 18.2 Å². The van der Waals surface area contributed by atoms with E-state index in [-0.39, 0.29) is 10.6 Å². The Morgan fingerprint density at radius 2 is 1.75 bits per heavy atom. The van der Waals surface area contributed by atoms with Gasteiger partial charge in [0.25, 0.3) is 0 Å². The number of hydrogen-bond acceptors (Lipinski definition) is 1. The second kappa shape index (κ2) is 6.06. The fourth-order valence-corrected chi connectivity index (χ4v) is 1.08. The zero-order valence-corrected chi connectivity index (χ0v) is 9.53. The van der Waals surface area contributed by atoms with Crippen molar-refractivity contribution >= 4 is 11.6 Å². The van der Waals surface area contributed by atoms with Crippen molar-refractivity contribution < 1.29 is 17.6 Å². The Morgan fingerprint density at radius 3 is 2.12 bits per heavy atom. The lowest BCUT2D eigenvalue weighted by Gasteiger charge is -2.15. The second-order valence-corrected chi connectivity index (χ2v) is 3.10. The van der Waals surface area contributed by atoms with Gasteiger partial charge in [0.2, 0.25) is 0 Å². The molecule has 0 aliphatic carbocycles. The summed E-state index contributed by atoms with van der Waals surface area (Å²) in [7, 11) is 0. The number of rotatable bonds is 1. The van der Waals surface area contributed by atoms with Crippen LogP contribution in [0.15, 0.2) is 18.2 Å². The van der Waals surface area contributed by atoms with Crippen molar-refractivity contribution in [3.05, 3.63) is 34.6 Å². The molecular formula is C10H12ClF4N. The van der Waals surface area contributed by atoms with Crippen LogP contribution in [0.3, 0.4) is 0 Å². The molecule has 0 fully saturated rings. The molecule has 1 aromatic carbocycles. The van der Waals surface area contributed by atoms with Gasteiger partial charge in [-0.1, -0.05) is 31.5 Å². The maximum Gasteiger partial charge on any atom is 0.407 e. The van der Waals surface area contributed by atoms with E-state index in [1.165, 1.54) is 0 Å². The van der Waals surface area contributed by atoms with Crippen LogP contribution in [0.1, 0.15) is 25.5 Å². The summed E-state index contributed by atoms with van der Waals surface area (Å²) in [5.41, 5.74) is 4.62. The van der Waals surface area contributed by atoms with Crippen LogP contribution in [0.5, 0.6) is 0 Å². The molecule has 0 bridgehead atoms. The van der Waals surface area contributed by atoms with Gasteiger partial charge >= 0.3 is 6.18 Å². The minimum Gasteiger partial charge on any atom is -0.316 e. The van der Waals surface area contributed by atoms with Crippen LogP contribution in [0.4, 0.5) is 17.6 Å². The SMILES string of the molecule is CC.NC(c1ccc(F)c(Cl)c1)C(F)(F)F. The predicted octanol–water partition coefficient (Wildman–Crippen LogP) is 4.07. The van der Waals surface area contributed by atoms with E-state index < -0.39 is 18.0 Å². The lowest BCUT2D eigenvalue weighted by molar-refractivity contribution is -0.149. The first-order chi connectivity index (χ1) is 7.32. The molecule has 0 radical (unpaired) electrons. The van der Waals surface area contributed by atoms with E-state index in [1.54, 1.807) is 0 Å². The maximum absolute atomic E-state index is 12.6. The number of halogens is 5. The van der Waals surface area contributed by atoms with Crippen LogP contribution in [-0.4, -0.2) is 6.18 Å².